The molecule has 0 aliphatic carbocycles. The Bertz CT molecular complexity index is 501. The maximum atomic E-state index is 12.0. The van der Waals surface area contributed by atoms with Crippen LogP contribution >= 0.6 is 0 Å². The number of rotatable bonds is 5. The van der Waals surface area contributed by atoms with E-state index in [1.807, 2.05) is 0 Å². The van der Waals surface area contributed by atoms with Crippen molar-refractivity contribution in [1.29, 1.82) is 0 Å². The number of nitrogens with two attached hydrogens (primary N) is 2. The number of benzene rings is 1. The van der Waals surface area contributed by atoms with Gasteiger partial charge in [0.1, 0.15) is 0 Å². The van der Waals surface area contributed by atoms with Crippen LogP contribution in [0.5, 0.6) is 0 Å². The number of anilines is 1. The van der Waals surface area contributed by atoms with Crippen LogP contribution in [-0.2, 0) is 4.79 Å². The summed E-state index contributed by atoms with van der Waals surface area (Å²) in [6, 6.07) is 6.56. The average molecular weight is 290 g/mol. The molecule has 1 fully saturated rings. The summed E-state index contributed by atoms with van der Waals surface area (Å²) in [5.41, 5.74) is 12.0. The standard InChI is InChI=1S/C15H22N4O2/c16-8-11-2-1-7-19(9-11)10-14(20)18-13-5-3-12(4-6-13)15(17)21/h3-6,11H,1-2,7-10,16H2,(H2,17,21)(H,18,20). The zero-order chi connectivity index (χ0) is 15.2. The van der Waals surface area contributed by atoms with Gasteiger partial charge in [-0.05, 0) is 56.1 Å². The Labute approximate surface area is 124 Å². The monoisotopic (exact) mass is 290 g/mol. The van der Waals surface area contributed by atoms with Gasteiger partial charge in [0.25, 0.3) is 0 Å². The summed E-state index contributed by atoms with van der Waals surface area (Å²) in [4.78, 5) is 25.1. The highest BCUT2D eigenvalue weighted by Crippen LogP contribution is 2.15. The van der Waals surface area contributed by atoms with Crippen LogP contribution in [0.4, 0.5) is 5.69 Å². The molecule has 1 unspecified atom stereocenters. The molecule has 5 N–H and O–H groups in total. The third-order valence-electron chi connectivity index (χ3n) is 3.76. The van der Waals surface area contributed by atoms with Gasteiger partial charge in [0.15, 0.2) is 0 Å². The molecule has 114 valence electrons. The topological polar surface area (TPSA) is 101 Å². The summed E-state index contributed by atoms with van der Waals surface area (Å²) in [6.07, 6.45) is 2.23. The lowest BCUT2D eigenvalue weighted by Gasteiger charge is -2.31. The SMILES string of the molecule is NCC1CCCN(CC(=O)Nc2ccc(C(N)=O)cc2)C1. The van der Waals surface area contributed by atoms with Crippen LogP contribution < -0.4 is 16.8 Å². The molecule has 0 bridgehead atoms. The normalized spacial score (nSPS) is 19.2. The Morgan fingerprint density at radius 3 is 2.62 bits per heavy atom. The number of hydrogen-bond donors (Lipinski definition) is 3. The third kappa shape index (κ3) is 4.54. The van der Waals surface area contributed by atoms with Crippen molar-refractivity contribution in [3.05, 3.63) is 29.8 Å². The van der Waals surface area contributed by atoms with E-state index in [4.69, 9.17) is 11.5 Å². The van der Waals surface area contributed by atoms with Crippen molar-refractivity contribution >= 4 is 17.5 Å². The van der Waals surface area contributed by atoms with Crippen molar-refractivity contribution < 1.29 is 9.59 Å². The van der Waals surface area contributed by atoms with E-state index in [2.05, 4.69) is 10.2 Å². The molecule has 1 heterocycles. The number of hydrogen-bond acceptors (Lipinski definition) is 4. The van der Waals surface area contributed by atoms with Gasteiger partial charge >= 0.3 is 0 Å². The third-order valence-corrected chi connectivity index (χ3v) is 3.76. The molecule has 1 atom stereocenters. The Hall–Kier alpha value is -1.92. The maximum Gasteiger partial charge on any atom is 0.248 e. The molecule has 0 saturated carbocycles. The second kappa shape index (κ2) is 7.19. The van der Waals surface area contributed by atoms with Crippen LogP contribution in [-0.4, -0.2) is 42.9 Å². The van der Waals surface area contributed by atoms with Crippen LogP contribution in [0.3, 0.4) is 0 Å². The van der Waals surface area contributed by atoms with Crippen LogP contribution in [0.1, 0.15) is 23.2 Å². The number of carbonyl (C=O) groups excluding carboxylic acids is 2. The van der Waals surface area contributed by atoms with Crippen molar-refractivity contribution in [2.45, 2.75) is 12.8 Å². The van der Waals surface area contributed by atoms with E-state index in [9.17, 15) is 9.59 Å². The highest BCUT2D eigenvalue weighted by molar-refractivity contribution is 5.95. The van der Waals surface area contributed by atoms with Gasteiger partial charge in [0.2, 0.25) is 11.8 Å². The van der Waals surface area contributed by atoms with Gasteiger partial charge in [-0.1, -0.05) is 0 Å². The van der Waals surface area contributed by atoms with Gasteiger partial charge < -0.3 is 16.8 Å². The highest BCUT2D eigenvalue weighted by Gasteiger charge is 2.20. The number of piperidine rings is 1. The lowest BCUT2D eigenvalue weighted by molar-refractivity contribution is -0.117. The van der Waals surface area contributed by atoms with Gasteiger partial charge in [0, 0.05) is 17.8 Å². The molecule has 2 rings (SSSR count). The molecular weight excluding hydrogens is 268 g/mol. The minimum absolute atomic E-state index is 0.0560. The van der Waals surface area contributed by atoms with Crippen molar-refractivity contribution in [2.75, 3.05) is 31.5 Å². The zero-order valence-electron chi connectivity index (χ0n) is 12.0. The van der Waals surface area contributed by atoms with Crippen molar-refractivity contribution in [2.24, 2.45) is 17.4 Å². The predicted octanol–water partition coefficient (Wildman–Crippen LogP) is 0.395. The number of nitrogens with zero attached hydrogens (tertiary/aromatic N) is 1. The summed E-state index contributed by atoms with van der Waals surface area (Å²) in [5, 5.41) is 2.82. The second-order valence-electron chi connectivity index (χ2n) is 5.47. The predicted molar refractivity (Wildman–Crippen MR) is 81.8 cm³/mol. The van der Waals surface area contributed by atoms with Gasteiger partial charge in [-0.15, -0.1) is 0 Å². The Kier molecular flexibility index (Phi) is 5.30. The molecule has 2 amide bonds. The molecule has 1 aliphatic heterocycles. The Morgan fingerprint density at radius 1 is 1.29 bits per heavy atom. The minimum Gasteiger partial charge on any atom is -0.366 e. The molecule has 1 saturated heterocycles. The van der Waals surface area contributed by atoms with Crippen molar-refractivity contribution in [1.82, 2.24) is 4.90 Å². The average Bonchev–Trinajstić information content (AvgIpc) is 2.47. The van der Waals surface area contributed by atoms with Crippen molar-refractivity contribution in [3.63, 3.8) is 0 Å². The number of amides is 2. The summed E-state index contributed by atoms with van der Waals surface area (Å²) in [7, 11) is 0. The van der Waals surface area contributed by atoms with Gasteiger partial charge in [-0.3, -0.25) is 14.5 Å². The number of nitrogens with one attached hydrogen (secondary N) is 1. The van der Waals surface area contributed by atoms with E-state index in [0.717, 1.165) is 25.9 Å². The fourth-order valence-corrected chi connectivity index (χ4v) is 2.61. The quantitative estimate of drug-likeness (QED) is 0.730. The molecule has 6 heteroatoms. The molecule has 0 radical (unpaired) electrons. The fourth-order valence-electron chi connectivity index (χ4n) is 2.61. The number of primary amides is 1. The smallest absolute Gasteiger partial charge is 0.248 e. The fraction of sp³-hybridized carbons (Fsp3) is 0.467. The first-order valence-electron chi connectivity index (χ1n) is 7.20. The lowest BCUT2D eigenvalue weighted by Crippen LogP contribution is -2.42. The molecule has 1 aliphatic rings. The van der Waals surface area contributed by atoms with Crippen LogP contribution in [0.15, 0.2) is 24.3 Å². The summed E-state index contributed by atoms with van der Waals surface area (Å²) in [5.74, 6) is -0.0464. The van der Waals surface area contributed by atoms with E-state index in [1.165, 1.54) is 0 Å². The molecule has 1 aromatic rings. The zero-order valence-corrected chi connectivity index (χ0v) is 12.0. The molecule has 6 nitrogen and oxygen atoms in total. The lowest BCUT2D eigenvalue weighted by atomic mass is 9.98. The highest BCUT2D eigenvalue weighted by atomic mass is 16.2. The maximum absolute atomic E-state index is 12.0. The first-order chi connectivity index (χ1) is 10.1. The largest absolute Gasteiger partial charge is 0.366 e. The van der Waals surface area contributed by atoms with Gasteiger partial charge in [-0.2, -0.15) is 0 Å². The van der Waals surface area contributed by atoms with E-state index in [0.29, 0.717) is 30.3 Å². The second-order valence-corrected chi connectivity index (χ2v) is 5.47. The van der Waals surface area contributed by atoms with Crippen LogP contribution in [0.2, 0.25) is 0 Å². The summed E-state index contributed by atoms with van der Waals surface area (Å²) < 4.78 is 0. The minimum atomic E-state index is -0.478. The summed E-state index contributed by atoms with van der Waals surface area (Å²) >= 11 is 0. The van der Waals surface area contributed by atoms with E-state index >= 15 is 0 Å². The first-order valence-corrected chi connectivity index (χ1v) is 7.20. The van der Waals surface area contributed by atoms with E-state index < -0.39 is 5.91 Å². The number of carbonyl (C=O) groups is 2. The molecule has 21 heavy (non-hydrogen) atoms. The first kappa shape index (κ1) is 15.5. The van der Waals surface area contributed by atoms with Crippen molar-refractivity contribution in [3.8, 4) is 0 Å². The van der Waals surface area contributed by atoms with E-state index in [1.54, 1.807) is 24.3 Å². The van der Waals surface area contributed by atoms with Gasteiger partial charge in [0.05, 0.1) is 6.54 Å². The molecule has 0 aromatic heterocycles. The summed E-state index contributed by atoms with van der Waals surface area (Å²) in [6.45, 7) is 2.86. The van der Waals surface area contributed by atoms with Crippen LogP contribution in [0.25, 0.3) is 0 Å². The number of likely N-dealkylation sites (tertiary alicyclic amines) is 1. The Morgan fingerprint density at radius 2 is 2.00 bits per heavy atom. The van der Waals surface area contributed by atoms with Gasteiger partial charge in [-0.25, -0.2) is 0 Å². The molecular formula is C15H22N4O2. The Balaban J connectivity index is 1.85. The van der Waals surface area contributed by atoms with E-state index in [-0.39, 0.29) is 5.91 Å². The molecule has 1 aromatic carbocycles. The molecule has 0 spiro atoms. The van der Waals surface area contributed by atoms with Crippen LogP contribution in [0, 0.1) is 5.92 Å².